The van der Waals surface area contributed by atoms with Crippen molar-refractivity contribution in [1.29, 1.82) is 0 Å². The van der Waals surface area contributed by atoms with Crippen LogP contribution in [0.2, 0.25) is 0 Å². The molecular weight excluding hydrogens is 498 g/mol. The number of anilines is 1. The molecule has 0 bridgehead atoms. The molecule has 0 amide bonds. The second kappa shape index (κ2) is 8.98. The normalized spacial score (nSPS) is 11.2. The van der Waals surface area contributed by atoms with Gasteiger partial charge in [-0.3, -0.25) is 4.72 Å². The quantitative estimate of drug-likeness (QED) is 0.329. The summed E-state index contributed by atoms with van der Waals surface area (Å²) in [6.07, 6.45) is 5.37. The topological polar surface area (TPSA) is 99.1 Å². The van der Waals surface area contributed by atoms with E-state index in [0.29, 0.717) is 0 Å². The number of alkyl halides is 2. The van der Waals surface area contributed by atoms with Crippen molar-refractivity contribution in [2.75, 3.05) is 18.9 Å². The lowest BCUT2D eigenvalue weighted by Gasteiger charge is -2.13. The SMILES string of the molecule is COc1nc(NSc2c[nH]c3c(-n4cccn4)c(Br)ccc23)nc(OC)c1OC(F)F. The van der Waals surface area contributed by atoms with E-state index in [1.807, 2.05) is 30.6 Å². The fraction of sp³-hybridized carbons (Fsp3) is 0.167. The molecule has 3 aromatic heterocycles. The Labute approximate surface area is 187 Å². The highest BCUT2D eigenvalue weighted by molar-refractivity contribution is 9.10. The zero-order valence-corrected chi connectivity index (χ0v) is 18.5. The van der Waals surface area contributed by atoms with Gasteiger partial charge in [0, 0.05) is 28.4 Å². The molecule has 1 aromatic carbocycles. The molecule has 0 unspecified atom stereocenters. The minimum atomic E-state index is -3.07. The number of nitrogens with one attached hydrogen (secondary N) is 2. The number of H-pyrrole nitrogens is 1. The van der Waals surface area contributed by atoms with Gasteiger partial charge in [-0.15, -0.1) is 0 Å². The number of aromatic nitrogens is 5. The third-order valence-electron chi connectivity index (χ3n) is 4.12. The minimum absolute atomic E-state index is 0.0964. The lowest BCUT2D eigenvalue weighted by atomic mass is 10.2. The van der Waals surface area contributed by atoms with Crippen LogP contribution in [0.1, 0.15) is 0 Å². The van der Waals surface area contributed by atoms with Crippen molar-refractivity contribution >= 4 is 44.7 Å². The van der Waals surface area contributed by atoms with Crippen LogP contribution in [0.5, 0.6) is 17.5 Å². The first-order chi connectivity index (χ1) is 15.0. The number of halogens is 3. The standard InChI is InChI=1S/C18H15BrF2N6O3S/c1-28-15-14(30-17(20)21)16(29-2)25-18(24-15)26-31-11-8-22-12-9(11)4-5-10(19)13(12)27-7-3-6-23-27/h3-8,17,22H,1-2H3,(H,24,25,26). The number of rotatable bonds is 8. The van der Waals surface area contributed by atoms with Gasteiger partial charge in [0.2, 0.25) is 11.7 Å². The Morgan fingerprint density at radius 1 is 1.19 bits per heavy atom. The Bertz CT molecular complexity index is 1180. The summed E-state index contributed by atoms with van der Waals surface area (Å²) in [6.45, 7) is -3.07. The minimum Gasteiger partial charge on any atom is -0.478 e. The number of nitrogens with zero attached hydrogens (tertiary/aromatic N) is 4. The number of fused-ring (bicyclic) bond motifs is 1. The van der Waals surface area contributed by atoms with E-state index in [0.717, 1.165) is 26.0 Å². The van der Waals surface area contributed by atoms with Crippen LogP contribution in [-0.4, -0.2) is 45.6 Å². The molecule has 0 atom stereocenters. The molecule has 0 saturated carbocycles. The molecule has 0 radical (unpaired) electrons. The Morgan fingerprint density at radius 2 is 1.94 bits per heavy atom. The lowest BCUT2D eigenvalue weighted by Crippen LogP contribution is -2.08. The largest absolute Gasteiger partial charge is 0.478 e. The van der Waals surface area contributed by atoms with Crippen LogP contribution in [-0.2, 0) is 0 Å². The maximum absolute atomic E-state index is 12.7. The van der Waals surface area contributed by atoms with Gasteiger partial charge in [0.1, 0.15) is 5.69 Å². The van der Waals surface area contributed by atoms with Gasteiger partial charge < -0.3 is 19.2 Å². The van der Waals surface area contributed by atoms with Gasteiger partial charge in [-0.05, 0) is 40.0 Å². The summed E-state index contributed by atoms with van der Waals surface area (Å²) >= 11 is 4.79. The predicted octanol–water partition coefficient (Wildman–Crippen LogP) is 4.64. The highest BCUT2D eigenvalue weighted by Gasteiger charge is 2.22. The number of methoxy groups -OCH3 is 2. The fourth-order valence-corrected chi connectivity index (χ4v) is 4.07. The van der Waals surface area contributed by atoms with Crippen LogP contribution in [0.4, 0.5) is 14.7 Å². The van der Waals surface area contributed by atoms with Gasteiger partial charge in [0.15, 0.2) is 0 Å². The smallest absolute Gasteiger partial charge is 0.387 e. The molecule has 4 aromatic rings. The van der Waals surface area contributed by atoms with Crippen molar-refractivity contribution < 1.29 is 23.0 Å². The molecule has 0 aliphatic carbocycles. The van der Waals surface area contributed by atoms with Crippen LogP contribution in [0.3, 0.4) is 0 Å². The molecule has 31 heavy (non-hydrogen) atoms. The van der Waals surface area contributed by atoms with Crippen molar-refractivity contribution in [2.24, 2.45) is 0 Å². The molecule has 3 heterocycles. The Hall–Kier alpha value is -3.06. The Kier molecular flexibility index (Phi) is 6.13. The maximum atomic E-state index is 12.7. The van der Waals surface area contributed by atoms with E-state index >= 15 is 0 Å². The summed E-state index contributed by atoms with van der Waals surface area (Å²) in [7, 11) is 2.57. The predicted molar refractivity (Wildman–Crippen MR) is 114 cm³/mol. The Morgan fingerprint density at radius 3 is 2.55 bits per heavy atom. The van der Waals surface area contributed by atoms with Gasteiger partial charge >= 0.3 is 6.61 Å². The second-order valence-electron chi connectivity index (χ2n) is 5.90. The summed E-state index contributed by atoms with van der Waals surface area (Å²) in [5.74, 6) is -0.645. The molecule has 0 aliphatic rings. The molecule has 0 aliphatic heterocycles. The average Bonchev–Trinajstić information content (AvgIpc) is 3.42. The number of hydrogen-bond acceptors (Lipinski definition) is 8. The first-order valence-electron chi connectivity index (χ1n) is 8.69. The first-order valence-corrected chi connectivity index (χ1v) is 10.3. The molecule has 9 nitrogen and oxygen atoms in total. The van der Waals surface area contributed by atoms with Crippen molar-refractivity contribution in [3.8, 4) is 23.2 Å². The van der Waals surface area contributed by atoms with Gasteiger partial charge in [-0.25, -0.2) is 4.68 Å². The van der Waals surface area contributed by atoms with E-state index in [1.165, 1.54) is 26.2 Å². The van der Waals surface area contributed by atoms with Crippen molar-refractivity contribution in [1.82, 2.24) is 24.7 Å². The number of benzene rings is 1. The number of hydrogen-bond donors (Lipinski definition) is 2. The van der Waals surface area contributed by atoms with Crippen LogP contribution in [0.25, 0.3) is 16.6 Å². The van der Waals surface area contributed by atoms with E-state index in [-0.39, 0.29) is 23.5 Å². The first kappa shape index (κ1) is 21.2. The van der Waals surface area contributed by atoms with E-state index < -0.39 is 6.61 Å². The van der Waals surface area contributed by atoms with E-state index in [4.69, 9.17) is 9.47 Å². The highest BCUT2D eigenvalue weighted by Crippen LogP contribution is 2.38. The number of aromatic amines is 1. The van der Waals surface area contributed by atoms with Gasteiger partial charge in [-0.2, -0.15) is 23.8 Å². The summed E-state index contributed by atoms with van der Waals surface area (Å²) in [5.41, 5.74) is 1.74. The van der Waals surface area contributed by atoms with E-state index in [9.17, 15) is 8.78 Å². The molecule has 162 valence electrons. The van der Waals surface area contributed by atoms with Crippen LogP contribution in [0.15, 0.2) is 46.2 Å². The zero-order valence-electron chi connectivity index (χ0n) is 16.1. The van der Waals surface area contributed by atoms with Crippen LogP contribution < -0.4 is 18.9 Å². The summed E-state index contributed by atoms with van der Waals surface area (Å²) in [6, 6.07) is 5.72. The monoisotopic (exact) mass is 512 g/mol. The summed E-state index contributed by atoms with van der Waals surface area (Å²) < 4.78 is 45.5. The van der Waals surface area contributed by atoms with E-state index in [1.54, 1.807) is 10.9 Å². The van der Waals surface area contributed by atoms with Crippen molar-refractivity contribution in [3.63, 3.8) is 0 Å². The molecule has 0 fully saturated rings. The van der Waals surface area contributed by atoms with Crippen molar-refractivity contribution in [3.05, 3.63) is 41.3 Å². The zero-order chi connectivity index (χ0) is 22.0. The Balaban J connectivity index is 1.63. The fourth-order valence-electron chi connectivity index (χ4n) is 2.87. The maximum Gasteiger partial charge on any atom is 0.387 e. The molecule has 4 rings (SSSR count). The third kappa shape index (κ3) is 4.23. The molecule has 0 spiro atoms. The van der Waals surface area contributed by atoms with Crippen molar-refractivity contribution in [2.45, 2.75) is 11.5 Å². The average molecular weight is 513 g/mol. The van der Waals surface area contributed by atoms with Crippen LogP contribution in [0, 0.1) is 0 Å². The van der Waals surface area contributed by atoms with Gasteiger partial charge in [-0.1, -0.05) is 6.07 Å². The second-order valence-corrected chi connectivity index (χ2v) is 7.60. The van der Waals surface area contributed by atoms with Gasteiger partial charge in [0.05, 0.1) is 24.6 Å². The summed E-state index contributed by atoms with van der Waals surface area (Å²) in [5, 5.41) is 5.23. The number of ether oxygens (including phenoxy) is 3. The molecule has 2 N–H and O–H groups in total. The highest BCUT2D eigenvalue weighted by atomic mass is 79.9. The summed E-state index contributed by atoms with van der Waals surface area (Å²) in [4.78, 5) is 12.2. The third-order valence-corrected chi connectivity index (χ3v) is 5.61. The molecule has 13 heteroatoms. The van der Waals surface area contributed by atoms with Gasteiger partial charge in [0.25, 0.3) is 11.8 Å². The molecule has 0 saturated heterocycles. The van der Waals surface area contributed by atoms with Crippen LogP contribution >= 0.6 is 27.9 Å². The lowest BCUT2D eigenvalue weighted by molar-refractivity contribution is -0.0533. The van der Waals surface area contributed by atoms with E-state index in [2.05, 4.69) is 45.4 Å². The molecular formula is C18H15BrF2N6O3S.